The van der Waals surface area contributed by atoms with Gasteiger partial charge in [0.2, 0.25) is 0 Å². The van der Waals surface area contributed by atoms with Crippen molar-refractivity contribution in [3.63, 3.8) is 0 Å². The molecule has 0 bridgehead atoms. The number of rotatable bonds is 1. The van der Waals surface area contributed by atoms with Crippen LogP contribution in [-0.4, -0.2) is 18.3 Å². The Balaban J connectivity index is -0.000000278. The van der Waals surface area contributed by atoms with Gasteiger partial charge in [0, 0.05) is 0 Å². The van der Waals surface area contributed by atoms with Crippen molar-refractivity contribution < 1.29 is 40.0 Å². The standard InChI is InChI=1S/C10H15.3C3H7O.Zr/c1-10(2,3)8-9-6-4-5-7-9;3*1-3(2)4;/h4,6H,5,8H2,1-3H3;3*3H,1-2H3;/q;3*-1;+3. The Hall–Kier alpha value is 0.243. The molecule has 0 saturated carbocycles. The van der Waals surface area contributed by atoms with Crippen LogP contribution < -0.4 is 15.3 Å². The summed E-state index contributed by atoms with van der Waals surface area (Å²) in [5.41, 5.74) is 2.04. The van der Waals surface area contributed by atoms with E-state index in [1.54, 1.807) is 75.1 Å². The first-order valence-corrected chi connectivity index (χ1v) is 9.49. The molecular formula is C19H36O3Zr. The maximum absolute atomic E-state index is 9.53. The molecule has 0 radical (unpaired) electrons. The average Bonchev–Trinajstić information content (AvgIpc) is 2.58. The van der Waals surface area contributed by atoms with Crippen LogP contribution in [0.15, 0.2) is 21.0 Å². The van der Waals surface area contributed by atoms with Crippen LogP contribution in [0, 0.1) is 5.41 Å². The summed E-state index contributed by atoms with van der Waals surface area (Å²) in [6, 6.07) is 0. The Kier molecular flexibility index (Phi) is 19.2. The van der Waals surface area contributed by atoms with Crippen LogP contribution in [0.4, 0.5) is 0 Å². The molecule has 4 heteroatoms. The Morgan fingerprint density at radius 1 is 0.913 bits per heavy atom. The molecule has 0 unspecified atom stereocenters. The quantitative estimate of drug-likeness (QED) is 0.675. The van der Waals surface area contributed by atoms with E-state index in [-0.39, 0.29) is 0 Å². The molecule has 0 aromatic heterocycles. The predicted octanol–water partition coefficient (Wildman–Crippen LogP) is 2.45. The van der Waals surface area contributed by atoms with Crippen molar-refractivity contribution in [3.8, 4) is 0 Å². The number of hydrogen-bond donors (Lipinski definition) is 0. The van der Waals surface area contributed by atoms with Crippen molar-refractivity contribution in [2.24, 2.45) is 5.41 Å². The Morgan fingerprint density at radius 3 is 1.39 bits per heavy atom. The molecule has 0 aromatic carbocycles. The van der Waals surface area contributed by atoms with Crippen LogP contribution in [0.25, 0.3) is 0 Å². The third-order valence-electron chi connectivity index (χ3n) is 1.75. The fourth-order valence-electron chi connectivity index (χ4n) is 1.29. The van der Waals surface area contributed by atoms with E-state index in [1.807, 2.05) is 0 Å². The summed E-state index contributed by atoms with van der Waals surface area (Å²) >= 11 is 1.60. The maximum atomic E-state index is 9.53. The Bertz CT molecular complexity index is 301. The molecule has 1 aliphatic rings. The predicted molar refractivity (Wildman–Crippen MR) is 90.3 cm³/mol. The van der Waals surface area contributed by atoms with Gasteiger partial charge in [-0.15, -0.1) is 18.3 Å². The molecule has 1 rings (SSSR count). The maximum Gasteiger partial charge on any atom is -0.0783 e. The molecule has 0 atom stereocenters. The van der Waals surface area contributed by atoms with E-state index in [1.165, 1.54) is 12.8 Å². The van der Waals surface area contributed by atoms with Crippen LogP contribution >= 0.6 is 0 Å². The molecule has 23 heavy (non-hydrogen) atoms. The first kappa shape index (κ1) is 28.1. The van der Waals surface area contributed by atoms with E-state index in [0.29, 0.717) is 5.41 Å². The van der Waals surface area contributed by atoms with Gasteiger partial charge in [0.25, 0.3) is 0 Å². The van der Waals surface area contributed by atoms with Crippen molar-refractivity contribution in [2.75, 3.05) is 0 Å². The topological polar surface area (TPSA) is 69.2 Å². The van der Waals surface area contributed by atoms with Gasteiger partial charge in [-0.2, -0.15) is 0 Å². The van der Waals surface area contributed by atoms with Crippen molar-refractivity contribution in [1.82, 2.24) is 0 Å². The largest absolute Gasteiger partial charge is 0.852 e. The number of hydrogen-bond acceptors (Lipinski definition) is 3. The van der Waals surface area contributed by atoms with E-state index in [9.17, 15) is 15.3 Å². The summed E-state index contributed by atoms with van der Waals surface area (Å²) in [7, 11) is 0. The average molecular weight is 404 g/mol. The summed E-state index contributed by atoms with van der Waals surface area (Å²) < 4.78 is 1.65. The zero-order valence-corrected chi connectivity index (χ0v) is 19.0. The second kappa shape index (κ2) is 15.8. The minimum Gasteiger partial charge on any atom is -0.852 e. The van der Waals surface area contributed by atoms with E-state index in [4.69, 9.17) is 0 Å². The number of allylic oxidation sites excluding steroid dienone is 4. The Morgan fingerprint density at radius 2 is 1.22 bits per heavy atom. The third-order valence-corrected chi connectivity index (χ3v) is 3.04. The van der Waals surface area contributed by atoms with Gasteiger partial charge in [-0.1, -0.05) is 41.5 Å². The molecule has 0 spiro atoms. The molecule has 3 nitrogen and oxygen atoms in total. The molecule has 0 heterocycles. The van der Waals surface area contributed by atoms with Gasteiger partial charge in [-0.05, 0) is 0 Å². The van der Waals surface area contributed by atoms with Crippen molar-refractivity contribution in [1.29, 1.82) is 0 Å². The molecule has 0 amide bonds. The second-order valence-electron chi connectivity index (χ2n) is 7.49. The molecule has 0 aliphatic heterocycles. The van der Waals surface area contributed by atoms with Gasteiger partial charge in [-0.25, -0.2) is 0 Å². The van der Waals surface area contributed by atoms with Gasteiger partial charge in [0.1, 0.15) is 0 Å². The zero-order valence-electron chi connectivity index (χ0n) is 16.5. The van der Waals surface area contributed by atoms with E-state index < -0.39 is 18.3 Å². The fourth-order valence-corrected chi connectivity index (χ4v) is 2.00. The molecular weight excluding hydrogens is 367 g/mol. The SMILES string of the molecule is CC(C)(C)CC1=[C]([Zr+3])CC=C1.CC(C)[O-].CC(C)[O-].CC(C)[O-]. The summed E-state index contributed by atoms with van der Waals surface area (Å²) in [6.07, 6.45) is 5.79. The van der Waals surface area contributed by atoms with E-state index in [0.717, 1.165) is 0 Å². The van der Waals surface area contributed by atoms with Gasteiger partial charge in [0.05, 0.1) is 0 Å². The summed E-state index contributed by atoms with van der Waals surface area (Å²) in [4.78, 5) is 0. The molecule has 0 aromatic rings. The Labute approximate surface area is 159 Å². The monoisotopic (exact) mass is 402 g/mol. The molecule has 134 valence electrons. The molecule has 0 saturated heterocycles. The summed E-state index contributed by atoms with van der Waals surface area (Å²) in [5.74, 6) is 0. The molecule has 1 aliphatic carbocycles. The van der Waals surface area contributed by atoms with Crippen molar-refractivity contribution >= 4 is 0 Å². The molecule has 0 N–H and O–H groups in total. The minimum absolute atomic E-state index is 0.417. The first-order valence-electron chi connectivity index (χ1n) is 8.26. The normalized spacial score (nSPS) is 13.4. The van der Waals surface area contributed by atoms with Crippen molar-refractivity contribution in [3.05, 3.63) is 21.0 Å². The van der Waals surface area contributed by atoms with Gasteiger partial charge in [0.15, 0.2) is 0 Å². The second-order valence-corrected chi connectivity index (χ2v) is 8.98. The van der Waals surface area contributed by atoms with Crippen LogP contribution in [0.5, 0.6) is 0 Å². The van der Waals surface area contributed by atoms with E-state index in [2.05, 4.69) is 32.9 Å². The fraction of sp³-hybridized carbons (Fsp3) is 0.789. The minimum atomic E-state index is -0.417. The smallest absolute Gasteiger partial charge is 0.0783 e. The van der Waals surface area contributed by atoms with E-state index >= 15 is 0 Å². The molecule has 0 fully saturated rings. The summed E-state index contributed by atoms with van der Waals surface area (Å²) in [6.45, 7) is 16.6. The summed E-state index contributed by atoms with van der Waals surface area (Å²) in [5, 5.41) is 28.6. The van der Waals surface area contributed by atoms with Crippen LogP contribution in [-0.2, 0) is 24.7 Å². The van der Waals surface area contributed by atoms with Gasteiger partial charge < -0.3 is 15.3 Å². The first-order chi connectivity index (χ1) is 10.2. The third kappa shape index (κ3) is 39.2. The van der Waals surface area contributed by atoms with Crippen molar-refractivity contribution in [2.45, 2.75) is 93.5 Å². The van der Waals surface area contributed by atoms with Crippen LogP contribution in [0.2, 0.25) is 0 Å². The van der Waals surface area contributed by atoms with Crippen LogP contribution in [0.1, 0.15) is 75.2 Å². The zero-order chi connectivity index (χ0) is 19.2. The van der Waals surface area contributed by atoms with Crippen LogP contribution in [0.3, 0.4) is 0 Å². The van der Waals surface area contributed by atoms with Gasteiger partial charge >= 0.3 is 84.8 Å². The van der Waals surface area contributed by atoms with Gasteiger partial charge in [-0.3, -0.25) is 0 Å².